The maximum absolute atomic E-state index is 14.3. The molecule has 318 valence electrons. The molecule has 5 bridgehead atoms. The number of benzene rings is 2. The van der Waals surface area contributed by atoms with Crippen LogP contribution in [0.25, 0.3) is 10.8 Å². The van der Waals surface area contributed by atoms with Gasteiger partial charge in [0, 0.05) is 61.2 Å². The highest BCUT2D eigenvalue weighted by Crippen LogP contribution is 2.55. The number of fused-ring (bicyclic) bond motifs is 14. The predicted molar refractivity (Wildman–Crippen MR) is 217 cm³/mol. The van der Waals surface area contributed by atoms with Gasteiger partial charge in [-0.1, -0.05) is 70.8 Å². The van der Waals surface area contributed by atoms with Gasteiger partial charge in [0.25, 0.3) is 11.7 Å². The molecule has 0 aliphatic carbocycles. The normalized spacial score (nSPS) is 30.4. The standard InChI is InChI=1S/C43H58N2O13/c1-11-12-13-18-56-44-20-28-33-38(51)31-30(37(28)50)32-40(26(7)36(31)49)58-43(9,41(32)52)55-19-17-29(54-10)23(4)39(57-27(8)46)25(6)35(48)24(5)34(47)21(2)15-14-16-22(3)42(53)45-33/h14-17,19-21,23-25,29,34-35,39,47-51H,11-13,18H2,1-10H3,(H,45,53)/b15-14+,19-17+,22-16-,44-20+/t21-,23+,24+,25+,29-,34-,35+,39+,43-/m0/s1. The summed E-state index contributed by atoms with van der Waals surface area (Å²) in [6, 6.07) is 0. The molecule has 2 aromatic rings. The summed E-state index contributed by atoms with van der Waals surface area (Å²) in [5, 5.41) is 64.0. The maximum Gasteiger partial charge on any atom is 0.312 e. The molecule has 58 heavy (non-hydrogen) atoms. The van der Waals surface area contributed by atoms with Gasteiger partial charge in [-0.15, -0.1) is 0 Å². The van der Waals surface area contributed by atoms with Crippen molar-refractivity contribution in [3.63, 3.8) is 0 Å². The third-order valence-corrected chi connectivity index (χ3v) is 11.1. The molecule has 15 heteroatoms. The van der Waals surface area contributed by atoms with E-state index in [1.165, 1.54) is 53.2 Å². The molecule has 0 fully saturated rings. The van der Waals surface area contributed by atoms with Crippen molar-refractivity contribution in [2.24, 2.45) is 28.8 Å². The van der Waals surface area contributed by atoms with Crippen molar-refractivity contribution in [2.75, 3.05) is 19.0 Å². The third kappa shape index (κ3) is 9.27. The zero-order valence-electron chi connectivity index (χ0n) is 34.9. The molecule has 0 spiro atoms. The van der Waals surface area contributed by atoms with Crippen LogP contribution in [0.1, 0.15) is 96.1 Å². The van der Waals surface area contributed by atoms with Crippen LogP contribution in [0.3, 0.4) is 0 Å². The number of carbonyl (C=O) groups excluding carboxylic acids is 3. The number of rotatable bonds is 8. The number of esters is 1. The fourth-order valence-corrected chi connectivity index (χ4v) is 7.43. The summed E-state index contributed by atoms with van der Waals surface area (Å²) in [6.45, 7) is 14.7. The lowest BCUT2D eigenvalue weighted by molar-refractivity contribution is -0.160. The van der Waals surface area contributed by atoms with Crippen molar-refractivity contribution >= 4 is 40.3 Å². The number of ether oxygens (including phenoxy) is 4. The van der Waals surface area contributed by atoms with Crippen LogP contribution < -0.4 is 10.1 Å². The number of aliphatic hydroxyl groups excluding tert-OH is 2. The summed E-state index contributed by atoms with van der Waals surface area (Å²) in [7, 11) is 1.43. The molecule has 3 heterocycles. The van der Waals surface area contributed by atoms with E-state index in [-0.39, 0.29) is 51.1 Å². The van der Waals surface area contributed by atoms with E-state index in [1.807, 2.05) is 6.92 Å². The number of anilines is 1. The predicted octanol–water partition coefficient (Wildman–Crippen LogP) is 6.29. The van der Waals surface area contributed by atoms with Crippen molar-refractivity contribution in [1.29, 1.82) is 0 Å². The lowest BCUT2D eigenvalue weighted by Crippen LogP contribution is -2.46. The lowest BCUT2D eigenvalue weighted by atomic mass is 9.78. The van der Waals surface area contributed by atoms with Crippen LogP contribution >= 0.6 is 0 Å². The summed E-state index contributed by atoms with van der Waals surface area (Å²) in [5.41, 5.74) is -0.565. The second-order valence-electron chi connectivity index (χ2n) is 15.4. The van der Waals surface area contributed by atoms with E-state index in [0.717, 1.165) is 19.1 Å². The second-order valence-corrected chi connectivity index (χ2v) is 15.4. The number of carbonyl (C=O) groups is 3. The second kappa shape index (κ2) is 19.1. The van der Waals surface area contributed by atoms with E-state index in [0.29, 0.717) is 6.42 Å². The summed E-state index contributed by atoms with van der Waals surface area (Å²) < 4.78 is 23.5. The minimum atomic E-state index is -2.05. The number of amides is 1. The average Bonchev–Trinajstić information content (AvgIpc) is 3.45. The van der Waals surface area contributed by atoms with Crippen molar-refractivity contribution in [3.8, 4) is 23.0 Å². The van der Waals surface area contributed by atoms with Gasteiger partial charge in [0.1, 0.15) is 30.0 Å². The van der Waals surface area contributed by atoms with Gasteiger partial charge in [-0.25, -0.2) is 0 Å². The smallest absolute Gasteiger partial charge is 0.312 e. The first-order chi connectivity index (χ1) is 27.3. The SMILES string of the molecule is CCCCCO/N=C/c1c2c(O)c3c(O)c(C)c4c(c3c1O)C(=O)[C@@](C)(O/C=C/[C@H](OC)[C@@H](C)[C@@H](OC(C)=O)[C@H](C)[C@H](O)[C@H](C)[C@@H](O)[C@@H](C)/C=C/C=C(/C)C(=O)N2)O4. The number of oxime groups is 1. The van der Waals surface area contributed by atoms with Crippen molar-refractivity contribution in [1.82, 2.24) is 0 Å². The van der Waals surface area contributed by atoms with Gasteiger partial charge in [-0.3, -0.25) is 14.4 Å². The van der Waals surface area contributed by atoms with Gasteiger partial charge in [0.05, 0.1) is 53.0 Å². The summed E-state index contributed by atoms with van der Waals surface area (Å²) in [6.07, 6.45) is 7.10. The van der Waals surface area contributed by atoms with Crippen LogP contribution in [-0.2, 0) is 28.6 Å². The van der Waals surface area contributed by atoms with Crippen LogP contribution in [0.4, 0.5) is 5.69 Å². The zero-order valence-corrected chi connectivity index (χ0v) is 34.9. The summed E-state index contributed by atoms with van der Waals surface area (Å²) in [4.78, 5) is 45.7. The number of aliphatic hydroxyl groups is 2. The summed E-state index contributed by atoms with van der Waals surface area (Å²) in [5.74, 6) is -8.57. The van der Waals surface area contributed by atoms with Crippen molar-refractivity contribution < 1.29 is 63.7 Å². The molecule has 15 nitrogen and oxygen atoms in total. The third-order valence-electron chi connectivity index (χ3n) is 11.1. The average molecular weight is 811 g/mol. The molecule has 0 radical (unpaired) electrons. The first-order valence-corrected chi connectivity index (χ1v) is 19.6. The molecule has 0 saturated carbocycles. The number of unbranched alkanes of at least 4 members (excludes halogenated alkanes) is 2. The molecule has 5 rings (SSSR count). The number of nitrogens with zero attached hydrogens (tertiary/aromatic N) is 1. The van der Waals surface area contributed by atoms with E-state index in [1.54, 1.807) is 39.8 Å². The van der Waals surface area contributed by atoms with Crippen molar-refractivity contribution in [2.45, 2.75) is 112 Å². The Bertz CT molecular complexity index is 1990. The number of aromatic hydroxyl groups is 3. The highest BCUT2D eigenvalue weighted by molar-refractivity contribution is 6.23. The van der Waals surface area contributed by atoms with Crippen LogP contribution in [0.5, 0.6) is 23.0 Å². The van der Waals surface area contributed by atoms with E-state index < -0.39 is 88.8 Å². The number of allylic oxidation sites excluding steroid dienone is 2. The Kier molecular flexibility index (Phi) is 15.0. The number of phenols is 3. The minimum Gasteiger partial charge on any atom is -0.507 e. The molecule has 1 amide bonds. The molecule has 6 N–H and O–H groups in total. The van der Waals surface area contributed by atoms with Gasteiger partial charge >= 0.3 is 11.8 Å². The Morgan fingerprint density at radius 3 is 2.29 bits per heavy atom. The van der Waals surface area contributed by atoms with E-state index in [4.69, 9.17) is 23.8 Å². The Morgan fingerprint density at radius 2 is 1.66 bits per heavy atom. The minimum absolute atomic E-state index is 0.0391. The number of phenolic OH excluding ortho intramolecular Hbond substituents is 3. The molecule has 0 saturated heterocycles. The van der Waals surface area contributed by atoms with Crippen molar-refractivity contribution in [3.05, 3.63) is 52.8 Å². The largest absolute Gasteiger partial charge is 0.507 e. The molecular weight excluding hydrogens is 752 g/mol. The number of hydrogen-bond acceptors (Lipinski definition) is 14. The van der Waals surface area contributed by atoms with Crippen LogP contribution in [0, 0.1) is 30.6 Å². The van der Waals surface area contributed by atoms with Gasteiger partial charge in [0.15, 0.2) is 5.75 Å². The Morgan fingerprint density at radius 1 is 0.966 bits per heavy atom. The van der Waals surface area contributed by atoms with E-state index in [9.17, 15) is 39.9 Å². The van der Waals surface area contributed by atoms with Crippen LogP contribution in [0.2, 0.25) is 0 Å². The Labute approximate surface area is 338 Å². The number of hydrogen-bond donors (Lipinski definition) is 6. The first-order valence-electron chi connectivity index (χ1n) is 19.6. The van der Waals surface area contributed by atoms with Gasteiger partial charge in [0.2, 0.25) is 0 Å². The highest BCUT2D eigenvalue weighted by Gasteiger charge is 2.50. The number of ketones is 1. The van der Waals surface area contributed by atoms with Gasteiger partial charge in [-0.05, 0) is 26.3 Å². The molecular formula is C43H58N2O13. The molecule has 2 aromatic carbocycles. The zero-order chi connectivity index (χ0) is 43.2. The molecule has 0 unspecified atom stereocenters. The fraction of sp³-hybridized carbons (Fsp3) is 0.535. The Balaban J connectivity index is 1.95. The van der Waals surface area contributed by atoms with E-state index in [2.05, 4.69) is 10.5 Å². The van der Waals surface area contributed by atoms with Gasteiger partial charge < -0.3 is 54.6 Å². The van der Waals surface area contributed by atoms with Gasteiger partial charge in [-0.2, -0.15) is 0 Å². The quantitative estimate of drug-likeness (QED) is 0.0431. The number of nitrogens with one attached hydrogen (secondary N) is 1. The topological polar surface area (TPSA) is 223 Å². The van der Waals surface area contributed by atoms with E-state index >= 15 is 0 Å². The molecule has 3 aliphatic heterocycles. The lowest BCUT2D eigenvalue weighted by Gasteiger charge is -2.38. The number of methoxy groups -OCH3 is 1. The molecule has 3 aliphatic rings. The fourth-order valence-electron chi connectivity index (χ4n) is 7.43. The van der Waals surface area contributed by atoms with Crippen LogP contribution in [0.15, 0.2) is 41.3 Å². The highest BCUT2D eigenvalue weighted by atomic mass is 16.7. The monoisotopic (exact) mass is 810 g/mol. The first kappa shape index (κ1) is 45.6. The summed E-state index contributed by atoms with van der Waals surface area (Å²) >= 11 is 0. The number of Topliss-reactive ketones (excluding diaryl/α,β-unsaturated/α-hetero) is 1. The molecule has 9 atom stereocenters. The van der Waals surface area contributed by atoms with Crippen LogP contribution in [-0.4, -0.2) is 93.3 Å². The molecule has 0 aromatic heterocycles. The Hall–Kier alpha value is -5.12. The maximum atomic E-state index is 14.3.